The van der Waals surface area contributed by atoms with E-state index < -0.39 is 11.8 Å². The number of carbonyl (C=O) groups is 3. The second-order valence-electron chi connectivity index (χ2n) is 9.30. The molecule has 0 radical (unpaired) electrons. The lowest BCUT2D eigenvalue weighted by atomic mass is 9.90. The number of carbonyl (C=O) groups excluding carboxylic acids is 3. The quantitative estimate of drug-likeness (QED) is 0.399. The maximum atomic E-state index is 14.5. The third-order valence-electron chi connectivity index (χ3n) is 7.03. The van der Waals surface area contributed by atoms with E-state index in [1.54, 1.807) is 17.0 Å². The highest BCUT2D eigenvalue weighted by Gasteiger charge is 2.27. The van der Waals surface area contributed by atoms with Gasteiger partial charge in [0.25, 0.3) is 5.91 Å². The van der Waals surface area contributed by atoms with Crippen LogP contribution in [-0.4, -0.2) is 60.3 Å². The van der Waals surface area contributed by atoms with Crippen LogP contribution < -0.4 is 4.90 Å². The van der Waals surface area contributed by atoms with Crippen molar-refractivity contribution in [3.8, 4) is 0 Å². The Balaban J connectivity index is 1.23. The Labute approximate surface area is 208 Å². The smallest absolute Gasteiger partial charge is 0.339 e. The maximum Gasteiger partial charge on any atom is 0.339 e. The van der Waals surface area contributed by atoms with Gasteiger partial charge < -0.3 is 14.5 Å². The van der Waals surface area contributed by atoms with E-state index in [2.05, 4.69) is 0 Å². The zero-order valence-electron chi connectivity index (χ0n) is 20.3. The number of nitrogens with zero attached hydrogens (tertiary/aromatic N) is 3. The molecule has 0 saturated carbocycles. The summed E-state index contributed by atoms with van der Waals surface area (Å²) in [7, 11) is 0. The Bertz CT molecular complexity index is 1350. The number of ketones is 1. The molecule has 1 fully saturated rings. The zero-order chi connectivity index (χ0) is 25.2. The number of rotatable bonds is 5. The third kappa shape index (κ3) is 4.67. The molecule has 1 saturated heterocycles. The van der Waals surface area contributed by atoms with Crippen LogP contribution in [0.3, 0.4) is 0 Å². The Morgan fingerprint density at radius 3 is 2.50 bits per heavy atom. The summed E-state index contributed by atoms with van der Waals surface area (Å²) in [4.78, 5) is 45.7. The number of fused-ring (bicyclic) bond motifs is 2. The number of esters is 1. The van der Waals surface area contributed by atoms with Crippen LogP contribution in [0.4, 0.5) is 10.1 Å². The Morgan fingerprint density at radius 2 is 1.75 bits per heavy atom. The summed E-state index contributed by atoms with van der Waals surface area (Å²) >= 11 is 0. The molecule has 0 spiro atoms. The second kappa shape index (κ2) is 10.0. The first kappa shape index (κ1) is 23.9. The van der Waals surface area contributed by atoms with Crippen molar-refractivity contribution in [3.05, 3.63) is 70.7 Å². The number of aryl methyl sites for hydroxylation is 1. The van der Waals surface area contributed by atoms with E-state index in [9.17, 15) is 18.8 Å². The summed E-state index contributed by atoms with van der Waals surface area (Å²) in [6.45, 7) is 2.72. The molecule has 0 unspecified atom stereocenters. The molecule has 2 aliphatic rings. The van der Waals surface area contributed by atoms with Gasteiger partial charge in [0.1, 0.15) is 5.82 Å². The van der Waals surface area contributed by atoms with E-state index in [4.69, 9.17) is 9.72 Å². The molecule has 2 heterocycles. The summed E-state index contributed by atoms with van der Waals surface area (Å²) < 4.78 is 20.0. The van der Waals surface area contributed by atoms with Crippen molar-refractivity contribution in [1.82, 2.24) is 9.88 Å². The zero-order valence-corrected chi connectivity index (χ0v) is 20.3. The van der Waals surface area contributed by atoms with Gasteiger partial charge in [0.15, 0.2) is 12.4 Å². The van der Waals surface area contributed by atoms with Gasteiger partial charge in [-0.3, -0.25) is 14.6 Å². The maximum absolute atomic E-state index is 14.5. The number of ether oxygens (including phenoxy) is 1. The highest BCUT2D eigenvalue weighted by Crippen LogP contribution is 2.30. The average Bonchev–Trinajstić information content (AvgIpc) is 2.90. The van der Waals surface area contributed by atoms with Gasteiger partial charge in [0.2, 0.25) is 0 Å². The van der Waals surface area contributed by atoms with E-state index in [-0.39, 0.29) is 18.3 Å². The lowest BCUT2D eigenvalue weighted by Gasteiger charge is -2.36. The standard InChI is InChI=1S/C28H28FN3O4/c1-18(33)19-10-11-25(22(29)16-19)31-12-14-32(15-13-31)26(34)17-36-28(35)27-20-6-2-4-8-23(20)30-24-9-5-3-7-21(24)27/h2,4,6,8,10-11,16H,3,5,7,9,12-15,17H2,1H3. The van der Waals surface area contributed by atoms with E-state index in [1.807, 2.05) is 29.2 Å². The predicted molar refractivity (Wildman–Crippen MR) is 134 cm³/mol. The van der Waals surface area contributed by atoms with Gasteiger partial charge in [-0.1, -0.05) is 18.2 Å². The van der Waals surface area contributed by atoms with Crippen LogP contribution in [0, 0.1) is 5.82 Å². The molecule has 0 bridgehead atoms. The van der Waals surface area contributed by atoms with Gasteiger partial charge in [-0.2, -0.15) is 0 Å². The first-order valence-electron chi connectivity index (χ1n) is 12.3. The van der Waals surface area contributed by atoms with Crippen LogP contribution in [0.2, 0.25) is 0 Å². The minimum absolute atomic E-state index is 0.189. The van der Waals surface area contributed by atoms with Crippen LogP contribution in [0.1, 0.15) is 51.7 Å². The van der Waals surface area contributed by atoms with Crippen molar-refractivity contribution >= 4 is 34.3 Å². The SMILES string of the molecule is CC(=O)c1ccc(N2CCN(C(=O)COC(=O)c3c4c(nc5ccccc35)CCCC4)CC2)c(F)c1. The molecule has 3 aromatic rings. The molecular weight excluding hydrogens is 461 g/mol. The van der Waals surface area contributed by atoms with Crippen molar-refractivity contribution in [2.45, 2.75) is 32.6 Å². The predicted octanol–water partition coefficient (Wildman–Crippen LogP) is 3.96. The number of piperazine rings is 1. The Morgan fingerprint density at radius 1 is 1.00 bits per heavy atom. The number of anilines is 1. The number of hydrogen-bond donors (Lipinski definition) is 0. The van der Waals surface area contributed by atoms with Gasteiger partial charge in [0, 0.05) is 42.8 Å². The van der Waals surface area contributed by atoms with E-state index >= 15 is 0 Å². The molecule has 5 rings (SSSR count). The van der Waals surface area contributed by atoms with Crippen molar-refractivity contribution < 1.29 is 23.5 Å². The highest BCUT2D eigenvalue weighted by atomic mass is 19.1. The number of hydrogen-bond acceptors (Lipinski definition) is 6. The largest absolute Gasteiger partial charge is 0.452 e. The number of amides is 1. The fourth-order valence-electron chi connectivity index (χ4n) is 5.08. The summed E-state index contributed by atoms with van der Waals surface area (Å²) in [5, 5.41) is 0.752. The molecule has 7 nitrogen and oxygen atoms in total. The topological polar surface area (TPSA) is 79.8 Å². The van der Waals surface area contributed by atoms with Crippen LogP contribution in [0.25, 0.3) is 10.9 Å². The van der Waals surface area contributed by atoms with Crippen LogP contribution in [0.5, 0.6) is 0 Å². The molecule has 186 valence electrons. The summed E-state index contributed by atoms with van der Waals surface area (Å²) in [5.41, 5.74) is 3.90. The van der Waals surface area contributed by atoms with Crippen molar-refractivity contribution in [2.75, 3.05) is 37.7 Å². The van der Waals surface area contributed by atoms with Crippen LogP contribution in [-0.2, 0) is 22.4 Å². The van der Waals surface area contributed by atoms with Gasteiger partial charge in [-0.15, -0.1) is 0 Å². The number of benzene rings is 2. The lowest BCUT2D eigenvalue weighted by Crippen LogP contribution is -2.50. The molecule has 0 atom stereocenters. The molecular formula is C28H28FN3O4. The average molecular weight is 490 g/mol. The second-order valence-corrected chi connectivity index (χ2v) is 9.30. The van der Waals surface area contributed by atoms with Gasteiger partial charge in [-0.25, -0.2) is 9.18 Å². The van der Waals surface area contributed by atoms with Crippen molar-refractivity contribution in [3.63, 3.8) is 0 Å². The summed E-state index contributed by atoms with van der Waals surface area (Å²) in [6.07, 6.45) is 3.65. The Kier molecular flexibility index (Phi) is 6.67. The Hall–Kier alpha value is -3.81. The lowest BCUT2D eigenvalue weighted by molar-refractivity contribution is -0.134. The molecule has 1 aromatic heterocycles. The number of halogens is 1. The summed E-state index contributed by atoms with van der Waals surface area (Å²) in [5.74, 6) is -1.41. The minimum Gasteiger partial charge on any atom is -0.452 e. The number of para-hydroxylation sites is 1. The van der Waals surface area contributed by atoms with Crippen LogP contribution in [0.15, 0.2) is 42.5 Å². The molecule has 0 N–H and O–H groups in total. The normalized spacial score (nSPS) is 15.5. The molecule has 8 heteroatoms. The first-order valence-corrected chi connectivity index (χ1v) is 12.3. The fourth-order valence-corrected chi connectivity index (χ4v) is 5.08. The van der Waals surface area contributed by atoms with Gasteiger partial charge in [-0.05, 0) is 62.4 Å². The molecule has 36 heavy (non-hydrogen) atoms. The minimum atomic E-state index is -0.494. The van der Waals surface area contributed by atoms with E-state index in [0.717, 1.165) is 47.8 Å². The molecule has 2 aromatic carbocycles. The molecule has 1 amide bonds. The van der Waals surface area contributed by atoms with Gasteiger partial charge >= 0.3 is 5.97 Å². The molecule has 1 aliphatic carbocycles. The van der Waals surface area contributed by atoms with E-state index in [0.29, 0.717) is 43.0 Å². The number of aromatic nitrogens is 1. The highest BCUT2D eigenvalue weighted by molar-refractivity contribution is 6.05. The summed E-state index contributed by atoms with van der Waals surface area (Å²) in [6, 6.07) is 12.0. The third-order valence-corrected chi connectivity index (χ3v) is 7.03. The monoisotopic (exact) mass is 489 g/mol. The van der Waals surface area contributed by atoms with Crippen LogP contribution >= 0.6 is 0 Å². The fraction of sp³-hybridized carbons (Fsp3) is 0.357. The first-order chi connectivity index (χ1) is 17.4. The van der Waals surface area contributed by atoms with E-state index in [1.165, 1.54) is 13.0 Å². The van der Waals surface area contributed by atoms with Crippen molar-refractivity contribution in [1.29, 1.82) is 0 Å². The molecule has 1 aliphatic heterocycles. The van der Waals surface area contributed by atoms with Gasteiger partial charge in [0.05, 0.1) is 16.8 Å². The van der Waals surface area contributed by atoms with Crippen molar-refractivity contribution in [2.24, 2.45) is 0 Å². The number of Topliss-reactive ketones (excluding diaryl/α,β-unsaturated/α-hetero) is 1. The number of pyridine rings is 1.